The summed E-state index contributed by atoms with van der Waals surface area (Å²) in [6, 6.07) is 11.9. The van der Waals surface area contributed by atoms with Crippen LogP contribution in [0.4, 0.5) is 5.69 Å². The molecule has 1 N–H and O–H groups in total. The van der Waals surface area contributed by atoms with Crippen molar-refractivity contribution in [1.82, 2.24) is 14.6 Å². The number of aromatic nitrogens is 2. The number of carbonyl (C=O) groups is 1. The zero-order valence-electron chi connectivity index (χ0n) is 17.2. The molecule has 7 nitrogen and oxygen atoms in total. The van der Waals surface area contributed by atoms with Gasteiger partial charge in [0.15, 0.2) is 0 Å². The van der Waals surface area contributed by atoms with Gasteiger partial charge in [0.2, 0.25) is 5.76 Å². The van der Waals surface area contributed by atoms with Gasteiger partial charge in [0.1, 0.15) is 5.54 Å². The predicted octanol–water partition coefficient (Wildman–Crippen LogP) is 4.14. The molecule has 2 fully saturated rings. The highest BCUT2D eigenvalue weighted by molar-refractivity contribution is 6.31. The Bertz CT molecular complexity index is 1180. The number of anilines is 1. The smallest absolute Gasteiger partial charge is 0.292 e. The number of halogens is 1. The quantitative estimate of drug-likeness (QED) is 0.618. The molecule has 1 aromatic carbocycles. The number of piperidine rings is 1. The van der Waals surface area contributed by atoms with E-state index in [1.807, 2.05) is 30.0 Å². The van der Waals surface area contributed by atoms with Gasteiger partial charge >= 0.3 is 0 Å². The number of aryl methyl sites for hydroxylation is 1. The van der Waals surface area contributed by atoms with Crippen LogP contribution < -0.4 is 5.32 Å². The molecule has 31 heavy (non-hydrogen) atoms. The maximum absolute atomic E-state index is 12.7. The summed E-state index contributed by atoms with van der Waals surface area (Å²) in [5, 5.41) is 8.30. The fourth-order valence-corrected chi connectivity index (χ4v) is 5.53. The zero-order valence-corrected chi connectivity index (χ0v) is 18.0. The van der Waals surface area contributed by atoms with Gasteiger partial charge in [-0.2, -0.15) is 0 Å². The van der Waals surface area contributed by atoms with Crippen molar-refractivity contribution < 1.29 is 14.1 Å². The van der Waals surface area contributed by atoms with Gasteiger partial charge in [0.25, 0.3) is 5.91 Å². The standard InChI is InChI=1S/C23H23ClN4O3/c1-15-11-19(31-26-15)21(29)27-9-6-22(7-10-27)13-23(14-30-22)20-3-2-8-28(20)18-5-4-16(24)12-17(18)25-23/h2-5,8,11-12,25H,6-7,9-10,13-14H2,1H3/t23-/m0/s1. The number of benzene rings is 1. The van der Waals surface area contributed by atoms with Crippen molar-refractivity contribution in [3.8, 4) is 5.69 Å². The fraction of sp³-hybridized carbons (Fsp3) is 0.391. The van der Waals surface area contributed by atoms with E-state index in [0.717, 1.165) is 30.6 Å². The monoisotopic (exact) mass is 438 g/mol. The summed E-state index contributed by atoms with van der Waals surface area (Å²) in [7, 11) is 0. The van der Waals surface area contributed by atoms with Gasteiger partial charge in [-0.1, -0.05) is 16.8 Å². The minimum absolute atomic E-state index is 0.101. The predicted molar refractivity (Wildman–Crippen MR) is 116 cm³/mol. The third-order valence-corrected chi connectivity index (χ3v) is 7.12. The number of rotatable bonds is 1. The molecule has 0 bridgehead atoms. The Labute approximate surface area is 184 Å². The Morgan fingerprint density at radius 2 is 2.06 bits per heavy atom. The van der Waals surface area contributed by atoms with Gasteiger partial charge in [-0.05, 0) is 50.1 Å². The van der Waals surface area contributed by atoms with Gasteiger partial charge in [-0.25, -0.2) is 0 Å². The van der Waals surface area contributed by atoms with E-state index in [2.05, 4.69) is 33.4 Å². The highest BCUT2D eigenvalue weighted by Crippen LogP contribution is 2.50. The van der Waals surface area contributed by atoms with Crippen molar-refractivity contribution in [1.29, 1.82) is 0 Å². The van der Waals surface area contributed by atoms with E-state index in [4.69, 9.17) is 20.9 Å². The summed E-state index contributed by atoms with van der Waals surface area (Å²) in [6.07, 6.45) is 4.52. The molecule has 8 heteroatoms. The number of carbonyl (C=O) groups excluding carboxylic acids is 1. The number of hydrogen-bond donors (Lipinski definition) is 1. The van der Waals surface area contributed by atoms with E-state index in [0.29, 0.717) is 36.2 Å². The van der Waals surface area contributed by atoms with Crippen LogP contribution in [-0.2, 0) is 10.3 Å². The van der Waals surface area contributed by atoms with Crippen LogP contribution in [0, 0.1) is 6.92 Å². The van der Waals surface area contributed by atoms with Crippen LogP contribution in [0.15, 0.2) is 47.1 Å². The number of likely N-dealkylation sites (tertiary alicyclic amines) is 1. The van der Waals surface area contributed by atoms with E-state index in [9.17, 15) is 4.79 Å². The van der Waals surface area contributed by atoms with Crippen LogP contribution >= 0.6 is 11.6 Å². The number of fused-ring (bicyclic) bond motifs is 4. The summed E-state index contributed by atoms with van der Waals surface area (Å²) < 4.78 is 13.9. The van der Waals surface area contributed by atoms with Crippen molar-refractivity contribution in [3.05, 3.63) is 64.8 Å². The average Bonchev–Trinajstić information content (AvgIpc) is 3.49. The van der Waals surface area contributed by atoms with Crippen LogP contribution in [0.3, 0.4) is 0 Å². The molecule has 160 valence electrons. The second-order valence-electron chi connectivity index (χ2n) is 8.91. The molecule has 1 amide bonds. The molecule has 0 radical (unpaired) electrons. The Morgan fingerprint density at radius 3 is 2.84 bits per heavy atom. The van der Waals surface area contributed by atoms with Crippen molar-refractivity contribution >= 4 is 23.2 Å². The number of amides is 1. The molecule has 3 aromatic rings. The molecule has 0 unspecified atom stereocenters. The summed E-state index contributed by atoms with van der Waals surface area (Å²) in [5.74, 6) is 0.203. The maximum Gasteiger partial charge on any atom is 0.292 e. The summed E-state index contributed by atoms with van der Waals surface area (Å²) in [5.41, 5.74) is 3.46. The third kappa shape index (κ3) is 2.91. The minimum Gasteiger partial charge on any atom is -0.372 e. The maximum atomic E-state index is 12.7. The summed E-state index contributed by atoms with van der Waals surface area (Å²) in [6.45, 7) is 3.67. The second-order valence-corrected chi connectivity index (χ2v) is 9.34. The highest BCUT2D eigenvalue weighted by Gasteiger charge is 2.54. The van der Waals surface area contributed by atoms with Crippen molar-refractivity contribution in [2.75, 3.05) is 25.0 Å². The molecule has 5 heterocycles. The van der Waals surface area contributed by atoms with Gasteiger partial charge < -0.3 is 24.0 Å². The first-order valence-corrected chi connectivity index (χ1v) is 11.0. The first kappa shape index (κ1) is 19.0. The van der Waals surface area contributed by atoms with E-state index >= 15 is 0 Å². The van der Waals surface area contributed by atoms with Crippen LogP contribution in [0.25, 0.3) is 5.69 Å². The Kier molecular flexibility index (Phi) is 4.04. The second kappa shape index (κ2) is 6.61. The molecule has 1 atom stereocenters. The fourth-order valence-electron chi connectivity index (χ4n) is 5.35. The van der Waals surface area contributed by atoms with E-state index in [1.54, 1.807) is 6.07 Å². The molecule has 0 aliphatic carbocycles. The summed E-state index contributed by atoms with van der Waals surface area (Å²) in [4.78, 5) is 14.6. The zero-order chi connectivity index (χ0) is 21.2. The molecule has 0 saturated carbocycles. The van der Waals surface area contributed by atoms with Gasteiger partial charge in [0, 0.05) is 36.8 Å². The van der Waals surface area contributed by atoms with Gasteiger partial charge in [-0.3, -0.25) is 4.79 Å². The molecule has 3 aliphatic heterocycles. The lowest BCUT2D eigenvalue weighted by Crippen LogP contribution is -2.48. The number of nitrogens with one attached hydrogen (secondary N) is 1. The number of nitrogens with zero attached hydrogens (tertiary/aromatic N) is 3. The lowest BCUT2D eigenvalue weighted by molar-refractivity contribution is -0.0397. The van der Waals surface area contributed by atoms with Crippen LogP contribution in [-0.4, -0.2) is 45.8 Å². The largest absolute Gasteiger partial charge is 0.372 e. The van der Waals surface area contributed by atoms with E-state index in [-0.39, 0.29) is 17.0 Å². The van der Waals surface area contributed by atoms with Crippen molar-refractivity contribution in [2.24, 2.45) is 0 Å². The normalized spacial score (nSPS) is 23.6. The molecule has 6 rings (SSSR count). The van der Waals surface area contributed by atoms with E-state index < -0.39 is 0 Å². The van der Waals surface area contributed by atoms with Crippen LogP contribution in [0.1, 0.15) is 41.2 Å². The average molecular weight is 439 g/mol. The SMILES string of the molecule is Cc1cc(C(=O)N2CCC3(CC2)C[C@@]2(CO3)Nc3cc(Cl)ccc3-n3cccc32)on1. The number of hydrogen-bond acceptors (Lipinski definition) is 5. The first-order chi connectivity index (χ1) is 15.0. The summed E-state index contributed by atoms with van der Waals surface area (Å²) >= 11 is 6.28. The lowest BCUT2D eigenvalue weighted by atomic mass is 9.79. The van der Waals surface area contributed by atoms with Crippen LogP contribution in [0.5, 0.6) is 0 Å². The molecule has 2 saturated heterocycles. The van der Waals surface area contributed by atoms with Crippen molar-refractivity contribution in [3.63, 3.8) is 0 Å². The van der Waals surface area contributed by atoms with Crippen molar-refractivity contribution in [2.45, 2.75) is 37.3 Å². The van der Waals surface area contributed by atoms with Gasteiger partial charge in [0.05, 0.1) is 35.0 Å². The minimum atomic E-state index is -0.310. The van der Waals surface area contributed by atoms with Gasteiger partial charge in [-0.15, -0.1) is 0 Å². The molecular formula is C23H23ClN4O3. The Morgan fingerprint density at radius 1 is 1.23 bits per heavy atom. The first-order valence-electron chi connectivity index (χ1n) is 10.6. The molecule has 3 aliphatic rings. The molecule has 2 aromatic heterocycles. The molecule has 2 spiro atoms. The highest BCUT2D eigenvalue weighted by atomic mass is 35.5. The molecular weight excluding hydrogens is 416 g/mol. The Balaban J connectivity index is 1.24. The Hall–Kier alpha value is -2.77. The topological polar surface area (TPSA) is 72.5 Å². The lowest BCUT2D eigenvalue weighted by Gasteiger charge is -2.41. The van der Waals surface area contributed by atoms with E-state index in [1.165, 1.54) is 5.69 Å². The third-order valence-electron chi connectivity index (χ3n) is 6.88. The van der Waals surface area contributed by atoms with Crippen LogP contribution in [0.2, 0.25) is 5.02 Å². The number of ether oxygens (including phenoxy) is 1.